The molecule has 0 bridgehead atoms. The summed E-state index contributed by atoms with van der Waals surface area (Å²) in [6, 6.07) is 5.72. The van der Waals surface area contributed by atoms with Gasteiger partial charge in [0.25, 0.3) is 0 Å². The minimum atomic E-state index is -0.0933. The molecule has 24 heavy (non-hydrogen) atoms. The lowest BCUT2D eigenvalue weighted by molar-refractivity contribution is -0.121. The van der Waals surface area contributed by atoms with E-state index >= 15 is 0 Å². The van der Waals surface area contributed by atoms with Crippen molar-refractivity contribution in [2.24, 2.45) is 11.7 Å². The molecule has 136 valence electrons. The Hall–Kier alpha value is -1.75. The van der Waals surface area contributed by atoms with E-state index in [0.717, 1.165) is 17.7 Å². The van der Waals surface area contributed by atoms with Gasteiger partial charge in [-0.15, -0.1) is 0 Å². The lowest BCUT2D eigenvalue weighted by atomic mass is 10.1. The molecule has 0 saturated heterocycles. The number of rotatable bonds is 10. The minimum absolute atomic E-state index is 0.0102. The Labute approximate surface area is 145 Å². The van der Waals surface area contributed by atoms with Gasteiger partial charge in [0.15, 0.2) is 11.5 Å². The molecule has 1 amide bonds. The number of amides is 1. The van der Waals surface area contributed by atoms with Crippen LogP contribution < -0.4 is 20.5 Å². The first-order chi connectivity index (χ1) is 11.3. The van der Waals surface area contributed by atoms with E-state index in [-0.39, 0.29) is 18.0 Å². The average molecular weight is 336 g/mol. The molecule has 0 aliphatic rings. The van der Waals surface area contributed by atoms with Crippen molar-refractivity contribution < 1.29 is 14.3 Å². The van der Waals surface area contributed by atoms with Crippen LogP contribution in [0.25, 0.3) is 0 Å². The smallest absolute Gasteiger partial charge is 0.220 e. The van der Waals surface area contributed by atoms with Crippen molar-refractivity contribution in [3.8, 4) is 11.5 Å². The van der Waals surface area contributed by atoms with Crippen LogP contribution in [0.15, 0.2) is 18.2 Å². The second-order valence-corrected chi connectivity index (χ2v) is 6.75. The van der Waals surface area contributed by atoms with E-state index in [9.17, 15) is 4.79 Å². The summed E-state index contributed by atoms with van der Waals surface area (Å²) in [6.45, 7) is 8.85. The highest BCUT2D eigenvalue weighted by molar-refractivity contribution is 5.76. The summed E-state index contributed by atoms with van der Waals surface area (Å²) in [4.78, 5) is 11.9. The van der Waals surface area contributed by atoms with Gasteiger partial charge in [-0.2, -0.15) is 0 Å². The van der Waals surface area contributed by atoms with Gasteiger partial charge in [-0.05, 0) is 50.3 Å². The van der Waals surface area contributed by atoms with Gasteiger partial charge in [-0.3, -0.25) is 4.79 Å². The number of hydrogen-bond acceptors (Lipinski definition) is 4. The second kappa shape index (κ2) is 10.2. The maximum Gasteiger partial charge on any atom is 0.220 e. The molecule has 5 nitrogen and oxygen atoms in total. The van der Waals surface area contributed by atoms with Gasteiger partial charge in [-0.25, -0.2) is 0 Å². The molecule has 3 N–H and O–H groups in total. The number of carbonyl (C=O) groups is 1. The summed E-state index contributed by atoms with van der Waals surface area (Å²) in [5.74, 6) is 2.03. The fraction of sp³-hybridized carbons (Fsp3) is 0.632. The first kappa shape index (κ1) is 20.3. The molecular formula is C19H32N2O3. The van der Waals surface area contributed by atoms with Gasteiger partial charge < -0.3 is 20.5 Å². The molecule has 1 rings (SSSR count). The molecule has 0 spiro atoms. The molecule has 0 heterocycles. The van der Waals surface area contributed by atoms with Crippen molar-refractivity contribution >= 4 is 5.91 Å². The molecule has 2 atom stereocenters. The summed E-state index contributed by atoms with van der Waals surface area (Å²) in [5.41, 5.74) is 6.67. The number of benzene rings is 1. The number of ether oxygens (including phenoxy) is 2. The Morgan fingerprint density at radius 3 is 2.46 bits per heavy atom. The molecule has 1 aromatic rings. The average Bonchev–Trinajstić information content (AvgIpc) is 2.52. The zero-order valence-electron chi connectivity index (χ0n) is 15.6. The van der Waals surface area contributed by atoms with Gasteiger partial charge in [0, 0.05) is 12.5 Å². The summed E-state index contributed by atoms with van der Waals surface area (Å²) in [7, 11) is 1.63. The van der Waals surface area contributed by atoms with E-state index in [0.29, 0.717) is 31.1 Å². The highest BCUT2D eigenvalue weighted by atomic mass is 16.5. The summed E-state index contributed by atoms with van der Waals surface area (Å²) < 4.78 is 11.2. The monoisotopic (exact) mass is 336 g/mol. The SMILES string of the molecule is COc1cc(C(C)NC(=O)CCC(C)N)ccc1OCCC(C)C. The summed E-state index contributed by atoms with van der Waals surface area (Å²) in [5, 5.41) is 2.99. The molecular weight excluding hydrogens is 304 g/mol. The first-order valence-electron chi connectivity index (χ1n) is 8.69. The number of nitrogens with two attached hydrogens (primary N) is 1. The highest BCUT2D eigenvalue weighted by Gasteiger charge is 2.13. The molecule has 0 aromatic heterocycles. The summed E-state index contributed by atoms with van der Waals surface area (Å²) >= 11 is 0. The van der Waals surface area contributed by atoms with Crippen molar-refractivity contribution in [2.45, 2.75) is 59.0 Å². The quantitative estimate of drug-likeness (QED) is 0.686. The van der Waals surface area contributed by atoms with Crippen LogP contribution >= 0.6 is 0 Å². The minimum Gasteiger partial charge on any atom is -0.493 e. The Bertz CT molecular complexity index is 515. The maximum atomic E-state index is 11.9. The fourth-order valence-corrected chi connectivity index (χ4v) is 2.23. The first-order valence-corrected chi connectivity index (χ1v) is 8.69. The van der Waals surface area contributed by atoms with Crippen LogP contribution in [0.4, 0.5) is 0 Å². The van der Waals surface area contributed by atoms with Crippen LogP contribution in [0, 0.1) is 5.92 Å². The van der Waals surface area contributed by atoms with Crippen LogP contribution in [0.1, 0.15) is 58.6 Å². The van der Waals surface area contributed by atoms with Gasteiger partial charge in [0.1, 0.15) is 0 Å². The van der Waals surface area contributed by atoms with Crippen molar-refractivity contribution in [1.29, 1.82) is 0 Å². The zero-order valence-corrected chi connectivity index (χ0v) is 15.6. The van der Waals surface area contributed by atoms with E-state index in [1.807, 2.05) is 32.0 Å². The van der Waals surface area contributed by atoms with Crippen LogP contribution in [0.5, 0.6) is 11.5 Å². The topological polar surface area (TPSA) is 73.6 Å². The third kappa shape index (κ3) is 7.21. The molecule has 5 heteroatoms. The number of carbonyl (C=O) groups excluding carboxylic acids is 1. The van der Waals surface area contributed by atoms with E-state index in [1.54, 1.807) is 7.11 Å². The van der Waals surface area contributed by atoms with E-state index in [4.69, 9.17) is 15.2 Å². The molecule has 2 unspecified atom stereocenters. The third-order valence-electron chi connectivity index (χ3n) is 3.84. The highest BCUT2D eigenvalue weighted by Crippen LogP contribution is 2.30. The largest absolute Gasteiger partial charge is 0.493 e. The van der Waals surface area contributed by atoms with Crippen molar-refractivity contribution in [3.05, 3.63) is 23.8 Å². The standard InChI is InChI=1S/C19H32N2O3/c1-13(2)10-11-24-17-8-7-16(12-18(17)23-5)15(4)21-19(22)9-6-14(3)20/h7-8,12-15H,6,9-11,20H2,1-5H3,(H,21,22). The number of nitrogens with one attached hydrogen (secondary N) is 1. The Morgan fingerprint density at radius 2 is 1.88 bits per heavy atom. The molecule has 0 aliphatic heterocycles. The Morgan fingerprint density at radius 1 is 1.17 bits per heavy atom. The van der Waals surface area contributed by atoms with Gasteiger partial charge >= 0.3 is 0 Å². The fourth-order valence-electron chi connectivity index (χ4n) is 2.23. The third-order valence-corrected chi connectivity index (χ3v) is 3.84. The predicted octanol–water partition coefficient (Wildman–Crippen LogP) is 3.42. The van der Waals surface area contributed by atoms with E-state index in [1.165, 1.54) is 0 Å². The Balaban J connectivity index is 2.66. The molecule has 0 radical (unpaired) electrons. The predicted molar refractivity (Wildman–Crippen MR) is 97.4 cm³/mol. The van der Waals surface area contributed by atoms with Crippen molar-refractivity contribution in [1.82, 2.24) is 5.32 Å². The van der Waals surface area contributed by atoms with Gasteiger partial charge in [0.05, 0.1) is 19.8 Å². The maximum absolute atomic E-state index is 11.9. The Kier molecular flexibility index (Phi) is 8.61. The number of hydrogen-bond donors (Lipinski definition) is 2. The molecule has 1 aromatic carbocycles. The van der Waals surface area contributed by atoms with Crippen molar-refractivity contribution in [2.75, 3.05) is 13.7 Å². The van der Waals surface area contributed by atoms with Gasteiger partial charge in [0.2, 0.25) is 5.91 Å². The molecule has 0 aliphatic carbocycles. The zero-order chi connectivity index (χ0) is 18.1. The van der Waals surface area contributed by atoms with E-state index in [2.05, 4.69) is 19.2 Å². The second-order valence-electron chi connectivity index (χ2n) is 6.75. The summed E-state index contributed by atoms with van der Waals surface area (Å²) in [6.07, 6.45) is 2.12. The lowest BCUT2D eigenvalue weighted by Crippen LogP contribution is -2.28. The van der Waals surface area contributed by atoms with Crippen molar-refractivity contribution in [3.63, 3.8) is 0 Å². The lowest BCUT2D eigenvalue weighted by Gasteiger charge is -2.18. The van der Waals surface area contributed by atoms with Crippen LogP contribution in [-0.2, 0) is 4.79 Å². The van der Waals surface area contributed by atoms with Crippen LogP contribution in [-0.4, -0.2) is 25.7 Å². The van der Waals surface area contributed by atoms with Gasteiger partial charge in [-0.1, -0.05) is 19.9 Å². The molecule has 0 saturated carbocycles. The van der Waals surface area contributed by atoms with E-state index < -0.39 is 0 Å². The van der Waals surface area contributed by atoms with Crippen LogP contribution in [0.2, 0.25) is 0 Å². The van der Waals surface area contributed by atoms with Crippen LogP contribution in [0.3, 0.4) is 0 Å². The number of methoxy groups -OCH3 is 1. The normalized spacial score (nSPS) is 13.5. The molecule has 0 fully saturated rings.